The minimum absolute atomic E-state index is 0.159. The average molecular weight is 363 g/mol. The molecule has 0 atom stereocenters. The SMILES string of the molecule is CCN(CCCNC(=O)c1cccc(Br)c1)S(C)(=O)=O. The van der Waals surface area contributed by atoms with Crippen LogP contribution in [0.5, 0.6) is 0 Å². The second kappa shape index (κ2) is 7.75. The topological polar surface area (TPSA) is 66.5 Å². The second-order valence-electron chi connectivity index (χ2n) is 4.37. The van der Waals surface area contributed by atoms with Crippen molar-refractivity contribution in [3.05, 3.63) is 34.3 Å². The fourth-order valence-corrected chi connectivity index (χ4v) is 3.08. The molecule has 0 saturated carbocycles. The Labute approximate surface area is 128 Å². The first kappa shape index (κ1) is 17.1. The Hall–Kier alpha value is -0.920. The van der Waals surface area contributed by atoms with Crippen LogP contribution in [0.1, 0.15) is 23.7 Å². The molecule has 1 aromatic carbocycles. The number of rotatable bonds is 7. The van der Waals surface area contributed by atoms with Crippen LogP contribution in [-0.2, 0) is 10.0 Å². The highest BCUT2D eigenvalue weighted by Gasteiger charge is 2.13. The van der Waals surface area contributed by atoms with Gasteiger partial charge in [-0.25, -0.2) is 12.7 Å². The van der Waals surface area contributed by atoms with Crippen molar-refractivity contribution >= 4 is 31.9 Å². The van der Waals surface area contributed by atoms with Gasteiger partial charge in [-0.15, -0.1) is 0 Å². The molecule has 0 fully saturated rings. The van der Waals surface area contributed by atoms with E-state index in [0.717, 1.165) is 4.47 Å². The molecule has 1 aromatic rings. The van der Waals surface area contributed by atoms with Crippen molar-refractivity contribution in [2.45, 2.75) is 13.3 Å². The van der Waals surface area contributed by atoms with Crippen LogP contribution in [0.4, 0.5) is 0 Å². The number of sulfonamides is 1. The van der Waals surface area contributed by atoms with Gasteiger partial charge in [0.1, 0.15) is 0 Å². The van der Waals surface area contributed by atoms with Gasteiger partial charge in [-0.3, -0.25) is 4.79 Å². The molecule has 0 heterocycles. The smallest absolute Gasteiger partial charge is 0.251 e. The third kappa shape index (κ3) is 5.60. The number of carbonyl (C=O) groups excluding carboxylic acids is 1. The molecule has 0 bridgehead atoms. The zero-order valence-electron chi connectivity index (χ0n) is 11.6. The minimum Gasteiger partial charge on any atom is -0.352 e. The molecule has 20 heavy (non-hydrogen) atoms. The van der Waals surface area contributed by atoms with Crippen molar-refractivity contribution in [2.75, 3.05) is 25.9 Å². The number of amides is 1. The van der Waals surface area contributed by atoms with E-state index >= 15 is 0 Å². The summed E-state index contributed by atoms with van der Waals surface area (Å²) in [4.78, 5) is 11.8. The largest absolute Gasteiger partial charge is 0.352 e. The van der Waals surface area contributed by atoms with Gasteiger partial charge in [-0.05, 0) is 24.6 Å². The maximum absolute atomic E-state index is 11.8. The van der Waals surface area contributed by atoms with E-state index in [1.165, 1.54) is 10.6 Å². The van der Waals surface area contributed by atoms with Gasteiger partial charge in [0.2, 0.25) is 10.0 Å². The third-order valence-electron chi connectivity index (χ3n) is 2.78. The number of nitrogens with zero attached hydrogens (tertiary/aromatic N) is 1. The van der Waals surface area contributed by atoms with Gasteiger partial charge in [0, 0.05) is 29.7 Å². The van der Waals surface area contributed by atoms with Crippen molar-refractivity contribution in [3.8, 4) is 0 Å². The highest BCUT2D eigenvalue weighted by Crippen LogP contribution is 2.11. The van der Waals surface area contributed by atoms with Crippen molar-refractivity contribution in [2.24, 2.45) is 0 Å². The summed E-state index contributed by atoms with van der Waals surface area (Å²) in [6.07, 6.45) is 1.78. The van der Waals surface area contributed by atoms with Crippen LogP contribution in [0, 0.1) is 0 Å². The fourth-order valence-electron chi connectivity index (χ4n) is 1.75. The molecular weight excluding hydrogens is 344 g/mol. The predicted molar refractivity (Wildman–Crippen MR) is 83.2 cm³/mol. The fraction of sp³-hybridized carbons (Fsp3) is 0.462. The summed E-state index contributed by atoms with van der Waals surface area (Å²) in [5.74, 6) is -0.159. The number of carbonyl (C=O) groups is 1. The van der Waals surface area contributed by atoms with Crippen LogP contribution >= 0.6 is 15.9 Å². The zero-order valence-corrected chi connectivity index (χ0v) is 14.0. The van der Waals surface area contributed by atoms with Crippen molar-refractivity contribution in [1.29, 1.82) is 0 Å². The summed E-state index contributed by atoms with van der Waals surface area (Å²) >= 11 is 3.31. The van der Waals surface area contributed by atoms with Crippen molar-refractivity contribution < 1.29 is 13.2 Å². The summed E-state index contributed by atoms with van der Waals surface area (Å²) in [6.45, 7) is 3.09. The molecule has 0 spiro atoms. The van der Waals surface area contributed by atoms with E-state index in [1.54, 1.807) is 25.1 Å². The summed E-state index contributed by atoms with van der Waals surface area (Å²) in [6, 6.07) is 7.11. The monoisotopic (exact) mass is 362 g/mol. The van der Waals surface area contributed by atoms with E-state index in [2.05, 4.69) is 21.2 Å². The van der Waals surface area contributed by atoms with Gasteiger partial charge < -0.3 is 5.32 Å². The van der Waals surface area contributed by atoms with E-state index in [9.17, 15) is 13.2 Å². The Bertz CT molecular complexity index is 560. The molecule has 5 nitrogen and oxygen atoms in total. The lowest BCUT2D eigenvalue weighted by molar-refractivity contribution is 0.0952. The molecule has 0 saturated heterocycles. The molecule has 0 aliphatic carbocycles. The van der Waals surface area contributed by atoms with Crippen LogP contribution in [0.2, 0.25) is 0 Å². The normalized spacial score (nSPS) is 11.6. The molecule has 1 N–H and O–H groups in total. The van der Waals surface area contributed by atoms with Gasteiger partial charge in [-0.1, -0.05) is 28.9 Å². The van der Waals surface area contributed by atoms with E-state index in [1.807, 2.05) is 6.07 Å². The van der Waals surface area contributed by atoms with Gasteiger partial charge in [0.05, 0.1) is 6.26 Å². The maximum Gasteiger partial charge on any atom is 0.251 e. The molecular formula is C13H19BrN2O3S. The van der Waals surface area contributed by atoms with Crippen LogP contribution < -0.4 is 5.32 Å². The number of hydrogen-bond acceptors (Lipinski definition) is 3. The molecule has 0 unspecified atom stereocenters. The van der Waals surface area contributed by atoms with E-state index in [-0.39, 0.29) is 5.91 Å². The van der Waals surface area contributed by atoms with Crippen LogP contribution in [-0.4, -0.2) is 44.5 Å². The first-order valence-electron chi connectivity index (χ1n) is 6.33. The minimum atomic E-state index is -3.16. The van der Waals surface area contributed by atoms with E-state index in [4.69, 9.17) is 0 Å². The molecule has 0 aromatic heterocycles. The highest BCUT2D eigenvalue weighted by atomic mass is 79.9. The predicted octanol–water partition coefficient (Wildman–Crippen LogP) is 1.85. The Kier molecular flexibility index (Phi) is 6.64. The van der Waals surface area contributed by atoms with Crippen LogP contribution in [0.25, 0.3) is 0 Å². The van der Waals surface area contributed by atoms with Gasteiger partial charge in [-0.2, -0.15) is 0 Å². The first-order chi connectivity index (χ1) is 9.34. The molecule has 0 radical (unpaired) electrons. The lowest BCUT2D eigenvalue weighted by atomic mass is 10.2. The zero-order chi connectivity index (χ0) is 15.2. The lowest BCUT2D eigenvalue weighted by Gasteiger charge is -2.17. The van der Waals surface area contributed by atoms with Gasteiger partial charge in [0.25, 0.3) is 5.91 Å². The third-order valence-corrected chi connectivity index (χ3v) is 4.65. The molecule has 1 amide bonds. The highest BCUT2D eigenvalue weighted by molar-refractivity contribution is 9.10. The lowest BCUT2D eigenvalue weighted by Crippen LogP contribution is -2.33. The number of hydrogen-bond donors (Lipinski definition) is 1. The quantitative estimate of drug-likeness (QED) is 0.752. The molecule has 112 valence electrons. The number of benzene rings is 1. The van der Waals surface area contributed by atoms with E-state index in [0.29, 0.717) is 31.6 Å². The summed E-state index contributed by atoms with van der Waals surface area (Å²) < 4.78 is 25.0. The van der Waals surface area contributed by atoms with Gasteiger partial charge in [0.15, 0.2) is 0 Å². The molecule has 0 aliphatic heterocycles. The molecule has 1 rings (SSSR count). The Balaban J connectivity index is 2.40. The Morgan fingerprint density at radius 2 is 2.10 bits per heavy atom. The summed E-state index contributed by atoms with van der Waals surface area (Å²) in [5, 5.41) is 2.78. The molecule has 7 heteroatoms. The van der Waals surface area contributed by atoms with Crippen LogP contribution in [0.3, 0.4) is 0 Å². The van der Waals surface area contributed by atoms with Gasteiger partial charge >= 0.3 is 0 Å². The summed E-state index contributed by atoms with van der Waals surface area (Å²) in [7, 11) is -3.16. The van der Waals surface area contributed by atoms with Crippen molar-refractivity contribution in [1.82, 2.24) is 9.62 Å². The standard InChI is InChI=1S/C13H19BrN2O3S/c1-3-16(20(2,18)19)9-5-8-15-13(17)11-6-4-7-12(14)10-11/h4,6-7,10H,3,5,8-9H2,1-2H3,(H,15,17). The Morgan fingerprint density at radius 1 is 1.40 bits per heavy atom. The van der Waals surface area contributed by atoms with Crippen LogP contribution in [0.15, 0.2) is 28.7 Å². The average Bonchev–Trinajstić information content (AvgIpc) is 2.37. The second-order valence-corrected chi connectivity index (χ2v) is 7.27. The Morgan fingerprint density at radius 3 is 2.65 bits per heavy atom. The van der Waals surface area contributed by atoms with E-state index < -0.39 is 10.0 Å². The summed E-state index contributed by atoms with van der Waals surface area (Å²) in [5.41, 5.74) is 0.579. The molecule has 0 aliphatic rings. The maximum atomic E-state index is 11.8. The number of halogens is 1. The van der Waals surface area contributed by atoms with Crippen molar-refractivity contribution in [3.63, 3.8) is 0 Å². The number of nitrogens with one attached hydrogen (secondary N) is 1. The first-order valence-corrected chi connectivity index (χ1v) is 8.97.